The van der Waals surface area contributed by atoms with Crippen molar-refractivity contribution in [1.82, 2.24) is 9.88 Å². The first-order valence-corrected chi connectivity index (χ1v) is 12.6. The summed E-state index contributed by atoms with van der Waals surface area (Å²) in [4.78, 5) is 42.8. The molecule has 1 atom stereocenters. The van der Waals surface area contributed by atoms with Crippen LogP contribution in [0.1, 0.15) is 31.2 Å². The topological polar surface area (TPSA) is 97.8 Å². The van der Waals surface area contributed by atoms with Gasteiger partial charge in [0.1, 0.15) is 12.4 Å². The lowest BCUT2D eigenvalue weighted by atomic mass is 10.1. The first-order chi connectivity index (χ1) is 17.8. The third-order valence-electron chi connectivity index (χ3n) is 5.99. The predicted molar refractivity (Wildman–Crippen MR) is 144 cm³/mol. The van der Waals surface area contributed by atoms with Gasteiger partial charge in [-0.2, -0.15) is 0 Å². The number of carbonyl (C=O) groups excluding carboxylic acids is 3. The van der Waals surface area contributed by atoms with Crippen LogP contribution in [0.4, 0.5) is 10.6 Å². The molecule has 0 aliphatic rings. The zero-order chi connectivity index (χ0) is 26.8. The van der Waals surface area contributed by atoms with Gasteiger partial charge in [0.25, 0.3) is 0 Å². The molecule has 0 unspecified atom stereocenters. The second kappa shape index (κ2) is 13.8. The molecule has 2 amide bonds. The number of likely N-dealkylation sites (N-methyl/N-ethyl adjacent to an activating group) is 1. The number of fused-ring (bicyclic) bond motifs is 1. The molecule has 8 nitrogen and oxygen atoms in total. The molecule has 196 valence electrons. The number of methoxy groups -OCH3 is 1. The van der Waals surface area contributed by atoms with Crippen molar-refractivity contribution in [2.75, 3.05) is 26.1 Å². The van der Waals surface area contributed by atoms with E-state index in [1.54, 1.807) is 31.4 Å². The zero-order valence-corrected chi connectivity index (χ0v) is 22.2. The molecule has 0 aliphatic carbocycles. The van der Waals surface area contributed by atoms with Gasteiger partial charge in [-0.05, 0) is 42.3 Å². The molecule has 0 fully saturated rings. The molecule has 0 spiro atoms. The number of halogens is 2. The van der Waals surface area contributed by atoms with Gasteiger partial charge in [-0.15, -0.1) is 0 Å². The number of carbonyl (C=O) groups is 3. The number of esters is 1. The van der Waals surface area contributed by atoms with E-state index in [4.69, 9.17) is 32.7 Å². The molecular weight excluding hydrogens is 517 g/mol. The molecular formula is C27H29Cl2N3O5. The monoisotopic (exact) mass is 545 g/mol. The number of anilines is 1. The van der Waals surface area contributed by atoms with Crippen LogP contribution in [0.2, 0.25) is 10.0 Å². The summed E-state index contributed by atoms with van der Waals surface area (Å²) in [7, 11) is 2.97. The van der Waals surface area contributed by atoms with Crippen molar-refractivity contribution >= 4 is 57.8 Å². The van der Waals surface area contributed by atoms with Crippen LogP contribution in [0, 0.1) is 0 Å². The lowest BCUT2D eigenvalue weighted by Gasteiger charge is -2.28. The van der Waals surface area contributed by atoms with Gasteiger partial charge < -0.3 is 14.4 Å². The van der Waals surface area contributed by atoms with Gasteiger partial charge >= 0.3 is 12.1 Å². The maximum Gasteiger partial charge on any atom is 0.412 e. The number of nitrogens with one attached hydrogen (secondary N) is 1. The predicted octanol–water partition coefficient (Wildman–Crippen LogP) is 5.89. The highest BCUT2D eigenvalue weighted by Gasteiger charge is 2.22. The van der Waals surface area contributed by atoms with Crippen molar-refractivity contribution in [3.8, 4) is 0 Å². The lowest BCUT2D eigenvalue weighted by molar-refractivity contribution is -0.140. The van der Waals surface area contributed by atoms with E-state index < -0.39 is 12.1 Å². The van der Waals surface area contributed by atoms with Crippen molar-refractivity contribution in [3.63, 3.8) is 0 Å². The van der Waals surface area contributed by atoms with Crippen LogP contribution in [0.25, 0.3) is 10.8 Å². The quantitative estimate of drug-likeness (QED) is 0.301. The summed E-state index contributed by atoms with van der Waals surface area (Å²) >= 11 is 12.3. The SMILES string of the molecule is COC(=O)CCC[C@@H](COC(=O)Nc1cc2ccccc2cn1)N(C)C(=O)CCc1cccc(Cl)c1Cl. The Morgan fingerprint density at radius 1 is 1.05 bits per heavy atom. The fraction of sp³-hybridized carbons (Fsp3) is 0.333. The van der Waals surface area contributed by atoms with E-state index in [0.29, 0.717) is 35.1 Å². The van der Waals surface area contributed by atoms with Crippen molar-refractivity contribution in [3.05, 3.63) is 70.3 Å². The number of hydrogen-bond acceptors (Lipinski definition) is 6. The minimum Gasteiger partial charge on any atom is -0.469 e. The lowest BCUT2D eigenvalue weighted by Crippen LogP contribution is -2.41. The molecule has 3 aromatic rings. The first kappa shape index (κ1) is 28.2. The molecule has 0 saturated heterocycles. The van der Waals surface area contributed by atoms with Crippen molar-refractivity contribution in [2.24, 2.45) is 0 Å². The summed E-state index contributed by atoms with van der Waals surface area (Å²) in [6.07, 6.45) is 2.68. The summed E-state index contributed by atoms with van der Waals surface area (Å²) < 4.78 is 10.1. The fourth-order valence-corrected chi connectivity index (χ4v) is 4.22. The maximum absolute atomic E-state index is 13.0. The molecule has 37 heavy (non-hydrogen) atoms. The Labute approximate surface area is 225 Å². The van der Waals surface area contributed by atoms with Gasteiger partial charge in [-0.3, -0.25) is 14.9 Å². The Morgan fingerprint density at radius 2 is 1.81 bits per heavy atom. The molecule has 10 heteroatoms. The zero-order valence-electron chi connectivity index (χ0n) is 20.7. The number of pyridine rings is 1. The molecule has 0 radical (unpaired) electrons. The van der Waals surface area contributed by atoms with Crippen LogP contribution in [-0.4, -0.2) is 54.7 Å². The maximum atomic E-state index is 13.0. The number of aryl methyl sites for hydroxylation is 1. The van der Waals surface area contributed by atoms with E-state index >= 15 is 0 Å². The smallest absolute Gasteiger partial charge is 0.412 e. The normalized spacial score (nSPS) is 11.6. The van der Waals surface area contributed by atoms with Gasteiger partial charge in [-0.1, -0.05) is 59.6 Å². The van der Waals surface area contributed by atoms with E-state index in [-0.39, 0.29) is 31.3 Å². The van der Waals surface area contributed by atoms with E-state index in [2.05, 4.69) is 10.3 Å². The first-order valence-electron chi connectivity index (χ1n) is 11.8. The molecule has 0 bridgehead atoms. The van der Waals surface area contributed by atoms with Crippen LogP contribution >= 0.6 is 23.2 Å². The number of nitrogens with zero attached hydrogens (tertiary/aromatic N) is 2. The van der Waals surface area contributed by atoms with E-state index in [1.165, 1.54) is 12.0 Å². The number of amides is 2. The summed E-state index contributed by atoms with van der Waals surface area (Å²) in [5.41, 5.74) is 0.775. The Morgan fingerprint density at radius 3 is 2.57 bits per heavy atom. The average molecular weight is 546 g/mol. The van der Waals surface area contributed by atoms with Crippen LogP contribution < -0.4 is 5.32 Å². The molecule has 0 aliphatic heterocycles. The van der Waals surface area contributed by atoms with Crippen LogP contribution in [0.5, 0.6) is 0 Å². The highest BCUT2D eigenvalue weighted by molar-refractivity contribution is 6.42. The summed E-state index contributed by atoms with van der Waals surface area (Å²) in [6.45, 7) is -0.0548. The minimum atomic E-state index is -0.688. The molecule has 2 aromatic carbocycles. The van der Waals surface area contributed by atoms with E-state index in [1.807, 2.05) is 30.3 Å². The number of aromatic nitrogens is 1. The Balaban J connectivity index is 1.60. The van der Waals surface area contributed by atoms with E-state index in [0.717, 1.165) is 16.3 Å². The third-order valence-corrected chi connectivity index (χ3v) is 6.85. The standard InChI is InChI=1S/C27H29Cl2N3O5/c1-32(24(33)14-13-18-9-5-11-22(28)26(18)29)21(10-6-12-25(34)36-2)17-37-27(35)31-23-15-19-7-3-4-8-20(19)16-30-23/h3-5,7-9,11,15-16,21H,6,10,12-14,17H2,1-2H3,(H,30,31,35)/t21-/m0/s1. The molecule has 0 saturated carbocycles. The second-order valence-corrected chi connectivity index (χ2v) is 9.27. The number of rotatable bonds is 11. The van der Waals surface area contributed by atoms with Crippen LogP contribution in [0.3, 0.4) is 0 Å². The Kier molecular flexibility index (Phi) is 10.5. The molecule has 1 heterocycles. The van der Waals surface area contributed by atoms with Gasteiger partial charge in [0.2, 0.25) is 5.91 Å². The number of ether oxygens (including phenoxy) is 2. The number of hydrogen-bond donors (Lipinski definition) is 1. The largest absolute Gasteiger partial charge is 0.469 e. The Bertz CT molecular complexity index is 1250. The summed E-state index contributed by atoms with van der Waals surface area (Å²) in [6, 6.07) is 14.3. The van der Waals surface area contributed by atoms with Gasteiger partial charge in [0.05, 0.1) is 23.2 Å². The highest BCUT2D eigenvalue weighted by Crippen LogP contribution is 2.26. The van der Waals surface area contributed by atoms with Gasteiger partial charge in [0.15, 0.2) is 0 Å². The molecule has 3 rings (SSSR count). The minimum absolute atomic E-state index is 0.0548. The van der Waals surface area contributed by atoms with E-state index in [9.17, 15) is 14.4 Å². The van der Waals surface area contributed by atoms with Crippen LogP contribution in [0.15, 0.2) is 54.7 Å². The molecule has 1 aromatic heterocycles. The van der Waals surface area contributed by atoms with Gasteiger partial charge in [-0.25, -0.2) is 9.78 Å². The van der Waals surface area contributed by atoms with Crippen molar-refractivity contribution in [2.45, 2.75) is 38.1 Å². The third kappa shape index (κ3) is 8.33. The molecule has 1 N–H and O–H groups in total. The Hall–Kier alpha value is -3.36. The summed E-state index contributed by atoms with van der Waals surface area (Å²) in [5, 5.41) is 5.36. The fourth-order valence-electron chi connectivity index (χ4n) is 3.80. The number of benzene rings is 2. The highest BCUT2D eigenvalue weighted by atomic mass is 35.5. The van der Waals surface area contributed by atoms with Crippen LogP contribution in [-0.2, 0) is 25.5 Å². The second-order valence-electron chi connectivity index (χ2n) is 8.48. The van der Waals surface area contributed by atoms with Gasteiger partial charge in [0, 0.05) is 31.5 Å². The van der Waals surface area contributed by atoms with Crippen molar-refractivity contribution in [1.29, 1.82) is 0 Å². The average Bonchev–Trinajstić information content (AvgIpc) is 2.90. The summed E-state index contributed by atoms with van der Waals surface area (Å²) in [5.74, 6) is -0.141. The van der Waals surface area contributed by atoms with Crippen molar-refractivity contribution < 1.29 is 23.9 Å².